The molecule has 0 N–H and O–H groups in total. The van der Waals surface area contributed by atoms with Gasteiger partial charge in [0.05, 0.1) is 16.3 Å². The Morgan fingerprint density at radius 1 is 0.868 bits per heavy atom. The van der Waals surface area contributed by atoms with Crippen LogP contribution in [0, 0.1) is 0 Å². The Labute approximate surface area is 227 Å². The first-order chi connectivity index (χ1) is 18.7. The first-order valence-corrected chi connectivity index (χ1v) is 13.9. The SMILES string of the molecule is CN(C)c1ccc([C@@H](c2nnnn2CCc2ccccc2)N2CCN(c3nc4ccccc4s3)CC2)cc1. The summed E-state index contributed by atoms with van der Waals surface area (Å²) in [5.74, 6) is 0.895. The molecule has 0 radical (unpaired) electrons. The molecule has 9 heteroatoms. The van der Waals surface area contributed by atoms with Crippen molar-refractivity contribution in [2.45, 2.75) is 19.0 Å². The fourth-order valence-corrected chi connectivity index (χ4v) is 6.11. The smallest absolute Gasteiger partial charge is 0.186 e. The van der Waals surface area contributed by atoms with Crippen LogP contribution in [0.4, 0.5) is 10.8 Å². The molecule has 0 bridgehead atoms. The predicted molar refractivity (Wildman–Crippen MR) is 154 cm³/mol. The number of rotatable bonds is 8. The topological polar surface area (TPSA) is 66.2 Å². The van der Waals surface area contributed by atoms with E-state index in [4.69, 9.17) is 4.98 Å². The number of para-hydroxylation sites is 1. The van der Waals surface area contributed by atoms with E-state index in [0.717, 1.165) is 55.6 Å². The first kappa shape index (κ1) is 24.5. The van der Waals surface area contributed by atoms with Gasteiger partial charge in [0.25, 0.3) is 0 Å². The molecular formula is C29H32N8S. The summed E-state index contributed by atoms with van der Waals surface area (Å²) in [6, 6.07) is 27.7. The van der Waals surface area contributed by atoms with Gasteiger partial charge in [-0.15, -0.1) is 5.10 Å². The minimum atomic E-state index is -0.0190. The lowest BCUT2D eigenvalue weighted by atomic mass is 10.0. The molecule has 2 aromatic heterocycles. The molecule has 38 heavy (non-hydrogen) atoms. The third kappa shape index (κ3) is 5.12. The Bertz CT molecular complexity index is 1440. The molecule has 5 aromatic rings. The number of hydrogen-bond donors (Lipinski definition) is 0. The van der Waals surface area contributed by atoms with E-state index < -0.39 is 0 Å². The molecule has 0 saturated carbocycles. The second kappa shape index (κ2) is 10.9. The van der Waals surface area contributed by atoms with Crippen LogP contribution >= 0.6 is 11.3 Å². The zero-order chi connectivity index (χ0) is 25.9. The summed E-state index contributed by atoms with van der Waals surface area (Å²) >= 11 is 1.77. The maximum absolute atomic E-state index is 4.89. The zero-order valence-electron chi connectivity index (χ0n) is 21.8. The van der Waals surface area contributed by atoms with Crippen LogP contribution < -0.4 is 9.80 Å². The van der Waals surface area contributed by atoms with Crippen molar-refractivity contribution in [1.82, 2.24) is 30.1 Å². The van der Waals surface area contributed by atoms with Crippen LogP contribution in [-0.4, -0.2) is 70.4 Å². The highest BCUT2D eigenvalue weighted by Crippen LogP contribution is 2.33. The molecule has 6 rings (SSSR count). The number of piperazine rings is 1. The van der Waals surface area contributed by atoms with Gasteiger partial charge in [-0.2, -0.15) is 0 Å². The molecule has 0 amide bonds. The number of hydrogen-bond acceptors (Lipinski definition) is 8. The van der Waals surface area contributed by atoms with Crippen molar-refractivity contribution in [3.63, 3.8) is 0 Å². The van der Waals surface area contributed by atoms with E-state index in [1.807, 2.05) is 10.7 Å². The molecule has 1 fully saturated rings. The summed E-state index contributed by atoms with van der Waals surface area (Å²) in [6.45, 7) is 4.38. The molecule has 1 aliphatic heterocycles. The van der Waals surface area contributed by atoms with E-state index in [0.29, 0.717) is 0 Å². The highest BCUT2D eigenvalue weighted by molar-refractivity contribution is 7.22. The summed E-state index contributed by atoms with van der Waals surface area (Å²) in [7, 11) is 4.13. The maximum Gasteiger partial charge on any atom is 0.186 e. The third-order valence-electron chi connectivity index (χ3n) is 7.22. The van der Waals surface area contributed by atoms with Crippen molar-refractivity contribution < 1.29 is 0 Å². The number of tetrazole rings is 1. The summed E-state index contributed by atoms with van der Waals surface area (Å²) in [5, 5.41) is 14.2. The van der Waals surface area contributed by atoms with Gasteiger partial charge in [0, 0.05) is 52.5 Å². The molecule has 3 heterocycles. The number of benzene rings is 3. The Hall–Kier alpha value is -3.82. The third-order valence-corrected chi connectivity index (χ3v) is 8.31. The number of aromatic nitrogens is 5. The van der Waals surface area contributed by atoms with Gasteiger partial charge in [-0.3, -0.25) is 4.90 Å². The normalized spacial score (nSPS) is 15.2. The lowest BCUT2D eigenvalue weighted by Crippen LogP contribution is -2.48. The lowest BCUT2D eigenvalue weighted by molar-refractivity contribution is 0.200. The minimum absolute atomic E-state index is 0.0190. The summed E-state index contributed by atoms with van der Waals surface area (Å²) in [6.07, 6.45) is 0.885. The van der Waals surface area contributed by atoms with Crippen molar-refractivity contribution in [2.24, 2.45) is 0 Å². The van der Waals surface area contributed by atoms with Gasteiger partial charge in [-0.05, 0) is 52.2 Å². The average Bonchev–Trinajstić information content (AvgIpc) is 3.61. The Morgan fingerprint density at radius 2 is 1.61 bits per heavy atom. The van der Waals surface area contributed by atoms with Crippen LogP contribution in [0.15, 0.2) is 78.9 Å². The van der Waals surface area contributed by atoms with Gasteiger partial charge in [0.15, 0.2) is 11.0 Å². The van der Waals surface area contributed by atoms with Crippen molar-refractivity contribution in [3.05, 3.63) is 95.8 Å². The molecule has 8 nitrogen and oxygen atoms in total. The van der Waals surface area contributed by atoms with E-state index >= 15 is 0 Å². The summed E-state index contributed by atoms with van der Waals surface area (Å²) in [4.78, 5) is 11.9. The van der Waals surface area contributed by atoms with Crippen LogP contribution in [0.1, 0.15) is 23.0 Å². The van der Waals surface area contributed by atoms with Crippen LogP contribution in [0.5, 0.6) is 0 Å². The molecule has 0 aliphatic carbocycles. The second-order valence-corrected chi connectivity index (χ2v) is 10.9. The quantitative estimate of drug-likeness (QED) is 0.296. The average molecular weight is 525 g/mol. The van der Waals surface area contributed by atoms with Gasteiger partial charge in [-0.25, -0.2) is 9.67 Å². The van der Waals surface area contributed by atoms with Gasteiger partial charge < -0.3 is 9.80 Å². The van der Waals surface area contributed by atoms with Gasteiger partial charge in [0.2, 0.25) is 0 Å². The Kier molecular flexibility index (Phi) is 7.02. The molecule has 0 unspecified atom stereocenters. The maximum atomic E-state index is 4.89. The number of nitrogens with zero attached hydrogens (tertiary/aromatic N) is 8. The van der Waals surface area contributed by atoms with E-state index in [9.17, 15) is 0 Å². The largest absolute Gasteiger partial charge is 0.378 e. The van der Waals surface area contributed by atoms with Crippen LogP contribution in [0.25, 0.3) is 10.2 Å². The van der Waals surface area contributed by atoms with E-state index in [1.165, 1.54) is 21.5 Å². The predicted octanol–water partition coefficient (Wildman–Crippen LogP) is 4.50. The molecular weight excluding hydrogens is 492 g/mol. The Morgan fingerprint density at radius 3 is 2.34 bits per heavy atom. The second-order valence-electron chi connectivity index (χ2n) is 9.87. The van der Waals surface area contributed by atoms with Gasteiger partial charge >= 0.3 is 0 Å². The van der Waals surface area contributed by atoms with Gasteiger partial charge in [-0.1, -0.05) is 65.9 Å². The minimum Gasteiger partial charge on any atom is -0.378 e. The number of fused-ring (bicyclic) bond motifs is 1. The molecule has 1 atom stereocenters. The van der Waals surface area contributed by atoms with Crippen molar-refractivity contribution >= 4 is 32.4 Å². The number of anilines is 2. The zero-order valence-corrected chi connectivity index (χ0v) is 22.6. The molecule has 1 saturated heterocycles. The van der Waals surface area contributed by atoms with Crippen LogP contribution in [-0.2, 0) is 13.0 Å². The molecule has 3 aromatic carbocycles. The number of thiazole rings is 1. The van der Waals surface area contributed by atoms with Crippen LogP contribution in [0.3, 0.4) is 0 Å². The highest BCUT2D eigenvalue weighted by atomic mass is 32.1. The molecule has 1 aliphatic rings. The van der Waals surface area contributed by atoms with E-state index in [-0.39, 0.29) is 6.04 Å². The molecule has 194 valence electrons. The monoisotopic (exact) mass is 524 g/mol. The van der Waals surface area contributed by atoms with Crippen molar-refractivity contribution in [3.8, 4) is 0 Å². The summed E-state index contributed by atoms with van der Waals surface area (Å²) < 4.78 is 3.22. The number of aryl methyl sites for hydroxylation is 2. The van der Waals surface area contributed by atoms with Crippen molar-refractivity contribution in [2.75, 3.05) is 50.1 Å². The fraction of sp³-hybridized carbons (Fsp3) is 0.310. The van der Waals surface area contributed by atoms with Gasteiger partial charge in [0.1, 0.15) is 0 Å². The Balaban J connectivity index is 1.25. The summed E-state index contributed by atoms with van der Waals surface area (Å²) in [5.41, 5.74) is 4.74. The first-order valence-electron chi connectivity index (χ1n) is 13.1. The van der Waals surface area contributed by atoms with E-state index in [2.05, 4.69) is 117 Å². The lowest BCUT2D eigenvalue weighted by Gasteiger charge is -2.39. The fourth-order valence-electron chi connectivity index (χ4n) is 5.09. The highest BCUT2D eigenvalue weighted by Gasteiger charge is 2.31. The van der Waals surface area contributed by atoms with Crippen molar-refractivity contribution in [1.29, 1.82) is 0 Å². The van der Waals surface area contributed by atoms with E-state index in [1.54, 1.807) is 11.3 Å². The van der Waals surface area contributed by atoms with Crippen LogP contribution in [0.2, 0.25) is 0 Å². The standard InChI is InChI=1S/C29H32N8S/c1-34(2)24-14-12-23(13-15-24)27(28-31-32-33-37(28)17-16-22-8-4-3-5-9-22)35-18-20-36(21-19-35)29-30-25-10-6-7-11-26(25)38-29/h3-15,27H,16-21H2,1-2H3/t27-/m0/s1. The molecule has 0 spiro atoms.